The van der Waals surface area contributed by atoms with Crippen LogP contribution in [0.15, 0.2) is 24.3 Å². The summed E-state index contributed by atoms with van der Waals surface area (Å²) < 4.78 is 37.8. The van der Waals surface area contributed by atoms with Gasteiger partial charge in [-0.05, 0) is 68.6 Å². The Morgan fingerprint density at radius 1 is 1.25 bits per heavy atom. The summed E-state index contributed by atoms with van der Waals surface area (Å²) >= 11 is 0. The predicted octanol–water partition coefficient (Wildman–Crippen LogP) is 4.81. The summed E-state index contributed by atoms with van der Waals surface area (Å²) in [5, 5.41) is 3.29. The lowest BCUT2D eigenvalue weighted by Crippen LogP contribution is -2.15. The van der Waals surface area contributed by atoms with Gasteiger partial charge in [0.2, 0.25) is 0 Å². The van der Waals surface area contributed by atoms with E-state index in [-0.39, 0.29) is 0 Å². The fourth-order valence-corrected chi connectivity index (χ4v) is 2.08. The van der Waals surface area contributed by atoms with Crippen LogP contribution in [0, 0.1) is 6.92 Å². The molecular formula is C16H22F3N. The lowest BCUT2D eigenvalue weighted by molar-refractivity contribution is -0.137. The summed E-state index contributed by atoms with van der Waals surface area (Å²) in [6.07, 6.45) is -0.226. The van der Waals surface area contributed by atoms with Gasteiger partial charge < -0.3 is 5.32 Å². The molecule has 0 atom stereocenters. The second-order valence-corrected chi connectivity index (χ2v) is 4.95. The van der Waals surface area contributed by atoms with Gasteiger partial charge in [0.05, 0.1) is 5.56 Å². The molecule has 0 fully saturated rings. The molecule has 1 N–H and O–H groups in total. The van der Waals surface area contributed by atoms with Gasteiger partial charge in [0.1, 0.15) is 0 Å². The van der Waals surface area contributed by atoms with Gasteiger partial charge in [0, 0.05) is 0 Å². The molecule has 0 aliphatic carbocycles. The number of alkyl halides is 3. The number of halogens is 3. The largest absolute Gasteiger partial charge is 0.416 e. The van der Waals surface area contributed by atoms with Gasteiger partial charge in [0.25, 0.3) is 0 Å². The van der Waals surface area contributed by atoms with E-state index >= 15 is 0 Å². The third-order valence-corrected chi connectivity index (χ3v) is 3.18. The van der Waals surface area contributed by atoms with Crippen LogP contribution < -0.4 is 5.32 Å². The molecule has 0 aliphatic heterocycles. The maximum Gasteiger partial charge on any atom is 0.416 e. The van der Waals surface area contributed by atoms with Crippen LogP contribution in [0.1, 0.15) is 43.4 Å². The minimum absolute atomic E-state index is 0.587. The maximum absolute atomic E-state index is 12.6. The van der Waals surface area contributed by atoms with Crippen LogP contribution in [0.5, 0.6) is 0 Å². The molecule has 0 saturated heterocycles. The normalized spacial score (nSPS) is 12.8. The summed E-state index contributed by atoms with van der Waals surface area (Å²) in [5.41, 5.74) is 1.98. The first-order valence-electron chi connectivity index (χ1n) is 6.92. The zero-order valence-corrected chi connectivity index (χ0v) is 12.3. The number of rotatable bonds is 6. The van der Waals surface area contributed by atoms with Crippen LogP contribution in [0.25, 0.3) is 5.57 Å². The summed E-state index contributed by atoms with van der Waals surface area (Å²) in [7, 11) is 0. The van der Waals surface area contributed by atoms with E-state index in [9.17, 15) is 13.2 Å². The third kappa shape index (κ3) is 5.00. The van der Waals surface area contributed by atoms with Crippen LogP contribution in [-0.2, 0) is 6.18 Å². The highest BCUT2D eigenvalue weighted by molar-refractivity contribution is 5.66. The zero-order chi connectivity index (χ0) is 15.2. The highest BCUT2D eigenvalue weighted by Gasteiger charge is 2.30. The average molecular weight is 285 g/mol. The first-order valence-corrected chi connectivity index (χ1v) is 6.92. The fraction of sp³-hybridized carbons (Fsp3) is 0.500. The van der Waals surface area contributed by atoms with Crippen molar-refractivity contribution >= 4 is 5.57 Å². The molecule has 0 unspecified atom stereocenters. The molecule has 0 aliphatic rings. The topological polar surface area (TPSA) is 12.0 Å². The Morgan fingerprint density at radius 3 is 2.50 bits per heavy atom. The Labute approximate surface area is 118 Å². The number of aryl methyl sites for hydroxylation is 1. The third-order valence-electron chi connectivity index (χ3n) is 3.18. The van der Waals surface area contributed by atoms with E-state index in [1.807, 2.05) is 6.92 Å². The maximum atomic E-state index is 12.6. The summed E-state index contributed by atoms with van der Waals surface area (Å²) in [6.45, 7) is 7.66. The number of nitrogens with one attached hydrogen (secondary N) is 1. The van der Waals surface area contributed by atoms with Gasteiger partial charge in [-0.15, -0.1) is 0 Å². The highest BCUT2D eigenvalue weighted by atomic mass is 19.4. The molecule has 0 radical (unpaired) electrons. The van der Waals surface area contributed by atoms with E-state index in [0.717, 1.165) is 43.1 Å². The number of benzene rings is 1. The Hall–Kier alpha value is -1.29. The summed E-state index contributed by atoms with van der Waals surface area (Å²) in [5.74, 6) is 0. The van der Waals surface area contributed by atoms with Crippen LogP contribution in [0.4, 0.5) is 13.2 Å². The van der Waals surface area contributed by atoms with E-state index in [0.29, 0.717) is 5.56 Å². The van der Waals surface area contributed by atoms with Crippen LogP contribution in [0.2, 0.25) is 0 Å². The molecule has 0 saturated carbocycles. The SMILES string of the molecule is CCCNCC/C=C(/C)c1ccc(C(F)(F)F)cc1C. The molecule has 0 heterocycles. The van der Waals surface area contributed by atoms with E-state index in [4.69, 9.17) is 0 Å². The molecule has 20 heavy (non-hydrogen) atoms. The number of hydrogen-bond acceptors (Lipinski definition) is 1. The molecular weight excluding hydrogens is 263 g/mol. The first kappa shape index (κ1) is 16.8. The summed E-state index contributed by atoms with van der Waals surface area (Å²) in [4.78, 5) is 0. The van der Waals surface area contributed by atoms with Crippen LogP contribution in [0.3, 0.4) is 0 Å². The molecule has 1 aromatic rings. The second-order valence-electron chi connectivity index (χ2n) is 4.95. The van der Waals surface area contributed by atoms with Gasteiger partial charge >= 0.3 is 6.18 Å². The van der Waals surface area contributed by atoms with Gasteiger partial charge in [-0.1, -0.05) is 19.1 Å². The Kier molecular flexibility index (Phi) is 6.27. The average Bonchev–Trinajstić information content (AvgIpc) is 2.37. The van der Waals surface area contributed by atoms with Gasteiger partial charge in [-0.25, -0.2) is 0 Å². The smallest absolute Gasteiger partial charge is 0.316 e. The Bertz CT molecular complexity index is 461. The lowest BCUT2D eigenvalue weighted by Gasteiger charge is -2.11. The number of hydrogen-bond donors (Lipinski definition) is 1. The Balaban J connectivity index is 2.74. The molecule has 0 amide bonds. The molecule has 0 bridgehead atoms. The van der Waals surface area contributed by atoms with E-state index in [2.05, 4.69) is 18.3 Å². The quantitative estimate of drug-likeness (QED) is 0.740. The minimum atomic E-state index is -4.27. The molecule has 112 valence electrons. The zero-order valence-electron chi connectivity index (χ0n) is 12.3. The standard InChI is InChI=1S/C16H22F3N/c1-4-9-20-10-5-6-12(2)15-8-7-14(11-13(15)3)16(17,18)19/h6-8,11,20H,4-5,9-10H2,1-3H3/b12-6-. The minimum Gasteiger partial charge on any atom is -0.316 e. The highest BCUT2D eigenvalue weighted by Crippen LogP contribution is 2.31. The van der Waals surface area contributed by atoms with Crippen molar-refractivity contribution in [2.75, 3.05) is 13.1 Å². The van der Waals surface area contributed by atoms with Crippen molar-refractivity contribution in [3.05, 3.63) is 41.0 Å². The van der Waals surface area contributed by atoms with Crippen molar-refractivity contribution < 1.29 is 13.2 Å². The van der Waals surface area contributed by atoms with Crippen molar-refractivity contribution in [2.24, 2.45) is 0 Å². The second kappa shape index (κ2) is 7.48. The fourth-order valence-electron chi connectivity index (χ4n) is 2.08. The molecule has 0 spiro atoms. The van der Waals surface area contributed by atoms with Crippen molar-refractivity contribution in [1.82, 2.24) is 5.32 Å². The number of allylic oxidation sites excluding steroid dienone is 1. The summed E-state index contributed by atoms with van der Waals surface area (Å²) in [6, 6.07) is 3.92. The van der Waals surface area contributed by atoms with Crippen LogP contribution >= 0.6 is 0 Å². The molecule has 1 rings (SSSR count). The van der Waals surface area contributed by atoms with Crippen molar-refractivity contribution in [1.29, 1.82) is 0 Å². The van der Waals surface area contributed by atoms with Gasteiger partial charge in [0.15, 0.2) is 0 Å². The molecule has 1 nitrogen and oxygen atoms in total. The Morgan fingerprint density at radius 2 is 1.95 bits per heavy atom. The van der Waals surface area contributed by atoms with Crippen molar-refractivity contribution in [2.45, 2.75) is 39.8 Å². The van der Waals surface area contributed by atoms with Crippen molar-refractivity contribution in [3.8, 4) is 0 Å². The molecule has 0 aromatic heterocycles. The van der Waals surface area contributed by atoms with Gasteiger partial charge in [-0.2, -0.15) is 13.2 Å². The van der Waals surface area contributed by atoms with Gasteiger partial charge in [-0.3, -0.25) is 0 Å². The van der Waals surface area contributed by atoms with Crippen molar-refractivity contribution in [3.63, 3.8) is 0 Å². The molecule has 1 aromatic carbocycles. The van der Waals surface area contributed by atoms with E-state index < -0.39 is 11.7 Å². The van der Waals surface area contributed by atoms with Crippen LogP contribution in [-0.4, -0.2) is 13.1 Å². The lowest BCUT2D eigenvalue weighted by atomic mass is 9.98. The first-order chi connectivity index (χ1) is 9.36. The van der Waals surface area contributed by atoms with E-state index in [1.165, 1.54) is 6.07 Å². The molecule has 4 heteroatoms. The predicted molar refractivity (Wildman–Crippen MR) is 77.6 cm³/mol. The van der Waals surface area contributed by atoms with E-state index in [1.54, 1.807) is 13.0 Å². The monoisotopic (exact) mass is 285 g/mol.